The largest absolute Gasteiger partial charge is 0.396 e. The van der Waals surface area contributed by atoms with Crippen LogP contribution in [0.25, 0.3) is 0 Å². The van der Waals surface area contributed by atoms with Gasteiger partial charge in [0.2, 0.25) is 0 Å². The smallest absolute Gasteiger partial charge is 0.134 e. The lowest BCUT2D eigenvalue weighted by Crippen LogP contribution is -2.44. The Morgan fingerprint density at radius 1 is 1.08 bits per heavy atom. The van der Waals surface area contributed by atoms with Gasteiger partial charge < -0.3 is 14.9 Å². The molecule has 2 atom stereocenters. The fourth-order valence-corrected chi connectivity index (χ4v) is 4.82. The summed E-state index contributed by atoms with van der Waals surface area (Å²) in [4.78, 5) is 13.9. The topological polar surface area (TPSA) is 52.5 Å². The van der Waals surface area contributed by atoms with Gasteiger partial charge in [-0.05, 0) is 56.3 Å². The summed E-state index contributed by atoms with van der Waals surface area (Å²) in [6.45, 7) is 4.42. The normalized spacial score (nSPS) is 30.0. The van der Waals surface area contributed by atoms with Crippen LogP contribution >= 0.6 is 0 Å². The van der Waals surface area contributed by atoms with E-state index in [9.17, 15) is 5.11 Å². The fourth-order valence-electron chi connectivity index (χ4n) is 4.82. The third-order valence-electron chi connectivity index (χ3n) is 6.28. The van der Waals surface area contributed by atoms with Gasteiger partial charge in [-0.3, -0.25) is 0 Å². The van der Waals surface area contributed by atoms with E-state index >= 15 is 0 Å². The summed E-state index contributed by atoms with van der Waals surface area (Å²) in [5, 5.41) is 9.48. The van der Waals surface area contributed by atoms with E-state index in [4.69, 9.17) is 0 Å². The molecule has 1 aliphatic carbocycles. The minimum atomic E-state index is 0.274. The van der Waals surface area contributed by atoms with Crippen LogP contribution in [-0.2, 0) is 0 Å². The number of aromatic nitrogens is 2. The lowest BCUT2D eigenvalue weighted by Gasteiger charge is -2.44. The Hall–Kier alpha value is -1.62. The first-order valence-corrected chi connectivity index (χ1v) is 9.86. The Bertz CT molecular complexity index is 619. The number of rotatable bonds is 3. The first kappa shape index (κ1) is 16.8. The predicted molar refractivity (Wildman–Crippen MR) is 101 cm³/mol. The Morgan fingerprint density at radius 2 is 1.92 bits per heavy atom. The van der Waals surface area contributed by atoms with E-state index < -0.39 is 0 Å². The molecule has 2 aliphatic heterocycles. The van der Waals surface area contributed by atoms with Gasteiger partial charge in [-0.1, -0.05) is 12.2 Å². The molecule has 3 aliphatic rings. The van der Waals surface area contributed by atoms with Crippen molar-refractivity contribution in [2.45, 2.75) is 44.9 Å². The van der Waals surface area contributed by atoms with E-state index in [1.807, 2.05) is 0 Å². The Kier molecular flexibility index (Phi) is 4.93. The average molecular weight is 342 g/mol. The van der Waals surface area contributed by atoms with Crippen molar-refractivity contribution >= 4 is 11.6 Å². The van der Waals surface area contributed by atoms with Gasteiger partial charge in [0.05, 0.1) is 0 Å². The molecule has 0 amide bonds. The molecule has 1 spiro atoms. The van der Waals surface area contributed by atoms with Crippen LogP contribution in [0.5, 0.6) is 0 Å². The third kappa shape index (κ3) is 3.66. The molecule has 25 heavy (non-hydrogen) atoms. The van der Waals surface area contributed by atoms with Crippen molar-refractivity contribution in [2.24, 2.45) is 11.3 Å². The summed E-state index contributed by atoms with van der Waals surface area (Å²) >= 11 is 0. The Morgan fingerprint density at radius 3 is 2.72 bits per heavy atom. The van der Waals surface area contributed by atoms with Gasteiger partial charge in [0.25, 0.3) is 0 Å². The Balaban J connectivity index is 1.50. The van der Waals surface area contributed by atoms with E-state index in [1.54, 1.807) is 6.33 Å². The van der Waals surface area contributed by atoms with Crippen molar-refractivity contribution in [1.29, 1.82) is 0 Å². The van der Waals surface area contributed by atoms with Gasteiger partial charge in [-0.25, -0.2) is 9.97 Å². The van der Waals surface area contributed by atoms with Crippen LogP contribution in [0.3, 0.4) is 0 Å². The van der Waals surface area contributed by atoms with Crippen LogP contribution in [0.2, 0.25) is 0 Å². The first-order valence-electron chi connectivity index (χ1n) is 9.86. The van der Waals surface area contributed by atoms with Crippen molar-refractivity contribution in [3.05, 3.63) is 24.5 Å². The van der Waals surface area contributed by atoms with E-state index in [-0.39, 0.29) is 6.61 Å². The van der Waals surface area contributed by atoms with Crippen molar-refractivity contribution in [3.8, 4) is 0 Å². The molecule has 1 aromatic rings. The summed E-state index contributed by atoms with van der Waals surface area (Å²) in [5.74, 6) is 2.47. The van der Waals surface area contributed by atoms with Crippen molar-refractivity contribution in [2.75, 3.05) is 42.6 Å². The van der Waals surface area contributed by atoms with Gasteiger partial charge in [-0.15, -0.1) is 0 Å². The zero-order valence-electron chi connectivity index (χ0n) is 15.1. The molecule has 3 heterocycles. The minimum Gasteiger partial charge on any atom is -0.396 e. The third-order valence-corrected chi connectivity index (χ3v) is 6.28. The number of piperidine rings is 2. The van der Waals surface area contributed by atoms with Gasteiger partial charge in [0.15, 0.2) is 0 Å². The quantitative estimate of drug-likeness (QED) is 0.856. The minimum absolute atomic E-state index is 0.274. The van der Waals surface area contributed by atoms with Crippen LogP contribution in [-0.4, -0.2) is 47.9 Å². The summed E-state index contributed by atoms with van der Waals surface area (Å²) in [5.41, 5.74) is 0.450. The van der Waals surface area contributed by atoms with Gasteiger partial charge in [0, 0.05) is 38.9 Å². The molecule has 0 aromatic carbocycles. The number of aliphatic hydroxyl groups is 1. The number of nitrogens with zero attached hydrogens (tertiary/aromatic N) is 4. The van der Waals surface area contributed by atoms with Crippen molar-refractivity contribution < 1.29 is 5.11 Å². The number of hydrogen-bond acceptors (Lipinski definition) is 5. The standard InChI is InChI=1S/C20H30N4O/c25-14-17-6-4-10-23(13-17)18-12-19(22-16-21-18)24-11-5-9-20(15-24)7-2-1-3-8-20/h1-2,12,16-17,25H,3-11,13-15H2. The molecule has 2 unspecified atom stereocenters. The maximum absolute atomic E-state index is 9.48. The maximum atomic E-state index is 9.48. The SMILES string of the molecule is OCC1CCCN(c2cc(N3CCCC4(CC=CCC4)C3)ncn2)C1. The maximum Gasteiger partial charge on any atom is 0.134 e. The molecule has 0 radical (unpaired) electrons. The molecular formula is C20H30N4O. The number of aliphatic hydroxyl groups excluding tert-OH is 1. The van der Waals surface area contributed by atoms with E-state index in [0.29, 0.717) is 11.3 Å². The molecule has 0 bridgehead atoms. The predicted octanol–water partition coefficient (Wildman–Crippen LogP) is 3.01. The molecule has 2 saturated heterocycles. The first-order chi connectivity index (χ1) is 12.3. The summed E-state index contributed by atoms with van der Waals surface area (Å²) in [6, 6.07) is 2.16. The Labute approximate surface area is 150 Å². The molecule has 5 heteroatoms. The van der Waals surface area contributed by atoms with Gasteiger partial charge in [0.1, 0.15) is 18.0 Å². The molecule has 1 N–H and O–H groups in total. The van der Waals surface area contributed by atoms with E-state index in [0.717, 1.165) is 50.7 Å². The molecule has 0 saturated carbocycles. The lowest BCUT2D eigenvalue weighted by atomic mass is 9.71. The highest BCUT2D eigenvalue weighted by molar-refractivity contribution is 5.51. The zero-order valence-corrected chi connectivity index (χ0v) is 15.1. The average Bonchev–Trinajstić information content (AvgIpc) is 2.69. The van der Waals surface area contributed by atoms with Crippen LogP contribution < -0.4 is 9.80 Å². The number of hydrogen-bond donors (Lipinski definition) is 1. The van der Waals surface area contributed by atoms with Crippen LogP contribution in [0.15, 0.2) is 24.5 Å². The van der Waals surface area contributed by atoms with E-state index in [1.165, 1.54) is 32.1 Å². The summed E-state index contributed by atoms with van der Waals surface area (Å²) < 4.78 is 0. The second-order valence-corrected chi connectivity index (χ2v) is 8.11. The highest BCUT2D eigenvalue weighted by atomic mass is 16.3. The molecule has 136 valence electrons. The summed E-state index contributed by atoms with van der Waals surface area (Å²) in [6.07, 6.45) is 15.0. The molecular weight excluding hydrogens is 312 g/mol. The van der Waals surface area contributed by atoms with Crippen LogP contribution in [0, 0.1) is 11.3 Å². The van der Waals surface area contributed by atoms with E-state index in [2.05, 4.69) is 38.0 Å². The van der Waals surface area contributed by atoms with Gasteiger partial charge in [-0.2, -0.15) is 0 Å². The van der Waals surface area contributed by atoms with Gasteiger partial charge >= 0.3 is 0 Å². The van der Waals surface area contributed by atoms with Crippen molar-refractivity contribution in [1.82, 2.24) is 9.97 Å². The molecule has 4 rings (SSSR count). The monoisotopic (exact) mass is 342 g/mol. The zero-order chi connectivity index (χ0) is 17.1. The second kappa shape index (κ2) is 7.32. The molecule has 2 fully saturated rings. The highest BCUT2D eigenvalue weighted by Crippen LogP contribution is 2.41. The number of anilines is 2. The van der Waals surface area contributed by atoms with Crippen molar-refractivity contribution in [3.63, 3.8) is 0 Å². The summed E-state index contributed by atoms with van der Waals surface area (Å²) in [7, 11) is 0. The fraction of sp³-hybridized carbons (Fsp3) is 0.700. The second-order valence-electron chi connectivity index (χ2n) is 8.11. The molecule has 1 aromatic heterocycles. The van der Waals surface area contributed by atoms with Crippen LogP contribution in [0.4, 0.5) is 11.6 Å². The molecule has 5 nitrogen and oxygen atoms in total. The lowest BCUT2D eigenvalue weighted by molar-refractivity contribution is 0.208. The van der Waals surface area contributed by atoms with Crippen LogP contribution in [0.1, 0.15) is 44.9 Å². The highest BCUT2D eigenvalue weighted by Gasteiger charge is 2.35. The number of allylic oxidation sites excluding steroid dienone is 2.